The summed E-state index contributed by atoms with van der Waals surface area (Å²) in [7, 11) is 0. The van der Waals surface area contributed by atoms with Gasteiger partial charge in [0.15, 0.2) is 0 Å². The molecule has 1 saturated carbocycles. The first-order valence-electron chi connectivity index (χ1n) is 5.83. The predicted molar refractivity (Wildman–Crippen MR) is 61.0 cm³/mol. The Bertz CT molecular complexity index is 276. The van der Waals surface area contributed by atoms with E-state index >= 15 is 0 Å². The third-order valence-corrected chi connectivity index (χ3v) is 2.75. The van der Waals surface area contributed by atoms with Gasteiger partial charge >= 0.3 is 5.97 Å². The van der Waals surface area contributed by atoms with Gasteiger partial charge in [-0.3, -0.25) is 4.79 Å². The van der Waals surface area contributed by atoms with Crippen molar-refractivity contribution >= 4 is 11.9 Å². The Labute approximate surface area is 96.4 Å². The highest BCUT2D eigenvalue weighted by molar-refractivity contribution is 5.86. The largest absolute Gasteiger partial charge is 0.480 e. The first kappa shape index (κ1) is 13.0. The summed E-state index contributed by atoms with van der Waals surface area (Å²) >= 11 is 0. The van der Waals surface area contributed by atoms with Gasteiger partial charge in [-0.05, 0) is 31.1 Å². The van der Waals surface area contributed by atoms with Crippen molar-refractivity contribution in [3.8, 4) is 0 Å². The van der Waals surface area contributed by atoms with Crippen molar-refractivity contribution in [2.75, 3.05) is 0 Å². The molecule has 4 nitrogen and oxygen atoms in total. The Morgan fingerprint density at radius 1 is 1.38 bits per heavy atom. The lowest BCUT2D eigenvalue weighted by Gasteiger charge is -2.21. The van der Waals surface area contributed by atoms with Gasteiger partial charge in [0.25, 0.3) is 0 Å². The maximum absolute atomic E-state index is 11.5. The number of rotatable bonds is 5. The van der Waals surface area contributed by atoms with E-state index in [1.54, 1.807) is 0 Å². The summed E-state index contributed by atoms with van der Waals surface area (Å²) in [6, 6.07) is -0.729. The van der Waals surface area contributed by atoms with Gasteiger partial charge < -0.3 is 10.4 Å². The summed E-state index contributed by atoms with van der Waals surface area (Å²) in [5.74, 6) is -0.962. The molecule has 0 bridgehead atoms. The minimum Gasteiger partial charge on any atom is -0.480 e. The van der Waals surface area contributed by atoms with Crippen molar-refractivity contribution in [1.29, 1.82) is 0 Å². The topological polar surface area (TPSA) is 66.4 Å². The van der Waals surface area contributed by atoms with Gasteiger partial charge in [-0.25, -0.2) is 4.79 Å². The molecule has 4 heteroatoms. The van der Waals surface area contributed by atoms with Crippen LogP contribution in [-0.4, -0.2) is 23.0 Å². The third kappa shape index (κ3) is 4.64. The van der Waals surface area contributed by atoms with Crippen molar-refractivity contribution in [3.05, 3.63) is 0 Å². The van der Waals surface area contributed by atoms with Crippen LogP contribution in [0.5, 0.6) is 0 Å². The fourth-order valence-electron chi connectivity index (χ4n) is 1.47. The number of carboxylic acids is 1. The molecule has 0 aromatic carbocycles. The molecular formula is C12H21NO3. The monoisotopic (exact) mass is 227 g/mol. The minimum atomic E-state index is -0.932. The molecule has 1 amide bonds. The van der Waals surface area contributed by atoms with E-state index in [-0.39, 0.29) is 17.2 Å². The van der Waals surface area contributed by atoms with Crippen LogP contribution in [0.4, 0.5) is 0 Å². The van der Waals surface area contributed by atoms with Crippen LogP contribution >= 0.6 is 0 Å². The number of carbonyl (C=O) groups excluding carboxylic acids is 1. The summed E-state index contributed by atoms with van der Waals surface area (Å²) in [6.07, 6.45) is 3.08. The van der Waals surface area contributed by atoms with Gasteiger partial charge in [0.05, 0.1) is 0 Å². The van der Waals surface area contributed by atoms with E-state index in [1.807, 2.05) is 0 Å². The van der Waals surface area contributed by atoms with E-state index in [0.717, 1.165) is 19.3 Å². The van der Waals surface area contributed by atoms with Crippen LogP contribution in [0.2, 0.25) is 0 Å². The number of aliphatic carboxylic acids is 1. The van der Waals surface area contributed by atoms with Crippen LogP contribution < -0.4 is 5.32 Å². The Hall–Kier alpha value is -1.06. The quantitative estimate of drug-likeness (QED) is 0.752. The van der Waals surface area contributed by atoms with E-state index in [0.29, 0.717) is 6.42 Å². The maximum atomic E-state index is 11.5. The second-order valence-corrected chi connectivity index (χ2v) is 5.77. The molecule has 2 N–H and O–H groups in total. The number of amides is 1. The fourth-order valence-corrected chi connectivity index (χ4v) is 1.47. The molecule has 0 heterocycles. The molecule has 0 spiro atoms. The molecule has 0 aromatic rings. The zero-order chi connectivity index (χ0) is 12.3. The fraction of sp³-hybridized carbons (Fsp3) is 0.833. The van der Waals surface area contributed by atoms with Gasteiger partial charge in [0.1, 0.15) is 6.04 Å². The summed E-state index contributed by atoms with van der Waals surface area (Å²) in [5.41, 5.74) is 0.0952. The molecule has 1 unspecified atom stereocenters. The van der Waals surface area contributed by atoms with E-state index in [2.05, 4.69) is 26.1 Å². The highest BCUT2D eigenvalue weighted by Crippen LogP contribution is 2.29. The second-order valence-electron chi connectivity index (χ2n) is 5.77. The third-order valence-electron chi connectivity index (χ3n) is 2.75. The average molecular weight is 227 g/mol. The first-order chi connectivity index (χ1) is 7.29. The molecule has 92 valence electrons. The predicted octanol–water partition coefficient (Wildman–Crippen LogP) is 1.79. The van der Waals surface area contributed by atoms with Crippen LogP contribution in [0.25, 0.3) is 0 Å². The zero-order valence-corrected chi connectivity index (χ0v) is 10.2. The lowest BCUT2D eigenvalue weighted by atomic mass is 9.88. The Morgan fingerprint density at radius 2 is 1.94 bits per heavy atom. The molecule has 16 heavy (non-hydrogen) atoms. The Balaban J connectivity index is 2.41. The highest BCUT2D eigenvalue weighted by atomic mass is 16.4. The standard InChI is InChI=1S/C12H21NO3/c1-12(2,3)7-6-9(11(15)16)13-10(14)8-4-5-8/h8-9H,4-7H2,1-3H3,(H,13,14)(H,15,16). The van der Waals surface area contributed by atoms with Gasteiger partial charge in [0.2, 0.25) is 5.91 Å². The van der Waals surface area contributed by atoms with Gasteiger partial charge in [-0.15, -0.1) is 0 Å². The number of carbonyl (C=O) groups is 2. The Morgan fingerprint density at radius 3 is 2.31 bits per heavy atom. The van der Waals surface area contributed by atoms with Crippen molar-refractivity contribution in [2.24, 2.45) is 11.3 Å². The second kappa shape index (κ2) is 4.85. The van der Waals surface area contributed by atoms with Gasteiger partial charge in [0, 0.05) is 5.92 Å². The molecule has 1 fully saturated rings. The van der Waals surface area contributed by atoms with Gasteiger partial charge in [-0.2, -0.15) is 0 Å². The summed E-state index contributed by atoms with van der Waals surface area (Å²) in [4.78, 5) is 22.5. The van der Waals surface area contributed by atoms with E-state index < -0.39 is 12.0 Å². The molecule has 1 aliphatic rings. The molecule has 1 aliphatic carbocycles. The van der Waals surface area contributed by atoms with Crippen molar-refractivity contribution in [3.63, 3.8) is 0 Å². The van der Waals surface area contributed by atoms with Crippen molar-refractivity contribution in [1.82, 2.24) is 5.32 Å². The van der Waals surface area contributed by atoms with Crippen molar-refractivity contribution in [2.45, 2.75) is 52.5 Å². The molecule has 0 aromatic heterocycles. The highest BCUT2D eigenvalue weighted by Gasteiger charge is 2.32. The van der Waals surface area contributed by atoms with Crippen LogP contribution in [-0.2, 0) is 9.59 Å². The van der Waals surface area contributed by atoms with Gasteiger partial charge in [-0.1, -0.05) is 20.8 Å². The molecule has 0 saturated heterocycles. The first-order valence-corrected chi connectivity index (χ1v) is 5.83. The van der Waals surface area contributed by atoms with Crippen LogP contribution in [0.1, 0.15) is 46.5 Å². The summed E-state index contributed by atoms with van der Waals surface area (Å²) in [6.45, 7) is 6.19. The summed E-state index contributed by atoms with van der Waals surface area (Å²) in [5, 5.41) is 11.6. The molecule has 0 aliphatic heterocycles. The number of hydrogen-bond acceptors (Lipinski definition) is 2. The SMILES string of the molecule is CC(C)(C)CCC(NC(=O)C1CC1)C(=O)O. The van der Waals surface area contributed by atoms with Crippen molar-refractivity contribution < 1.29 is 14.7 Å². The smallest absolute Gasteiger partial charge is 0.326 e. The van der Waals surface area contributed by atoms with Crippen LogP contribution in [0.3, 0.4) is 0 Å². The van der Waals surface area contributed by atoms with Crippen LogP contribution in [0, 0.1) is 11.3 Å². The molecule has 1 atom stereocenters. The maximum Gasteiger partial charge on any atom is 0.326 e. The zero-order valence-electron chi connectivity index (χ0n) is 10.2. The summed E-state index contributed by atoms with van der Waals surface area (Å²) < 4.78 is 0. The lowest BCUT2D eigenvalue weighted by Crippen LogP contribution is -2.42. The van der Waals surface area contributed by atoms with E-state index in [1.165, 1.54) is 0 Å². The lowest BCUT2D eigenvalue weighted by molar-refractivity contribution is -0.142. The van der Waals surface area contributed by atoms with E-state index in [9.17, 15) is 9.59 Å². The number of carboxylic acid groups (broad SMARTS) is 1. The number of hydrogen-bond donors (Lipinski definition) is 2. The minimum absolute atomic E-state index is 0.0662. The average Bonchev–Trinajstić information content (AvgIpc) is 2.92. The normalized spacial score (nSPS) is 17.9. The number of nitrogens with one attached hydrogen (secondary N) is 1. The molecule has 1 rings (SSSR count). The van der Waals surface area contributed by atoms with Crippen LogP contribution in [0.15, 0.2) is 0 Å². The van der Waals surface area contributed by atoms with E-state index in [4.69, 9.17) is 5.11 Å². The molecule has 0 radical (unpaired) electrons. The molecular weight excluding hydrogens is 206 g/mol. The Kier molecular flexibility index (Phi) is 3.94.